The molecule has 0 aliphatic carbocycles. The molecule has 0 saturated heterocycles. The Balaban J connectivity index is 4.40. The summed E-state index contributed by atoms with van der Waals surface area (Å²) in [5.74, 6) is 0.169. The third-order valence-corrected chi connectivity index (χ3v) is 1.56. The van der Waals surface area contributed by atoms with Crippen molar-refractivity contribution in [1.82, 2.24) is 0 Å². The van der Waals surface area contributed by atoms with Gasteiger partial charge in [-0.15, -0.1) is 0 Å². The van der Waals surface area contributed by atoms with E-state index in [9.17, 15) is 4.79 Å². The van der Waals surface area contributed by atoms with Crippen LogP contribution in [0.15, 0.2) is 49.1 Å². The number of hydrogen-bond acceptors (Lipinski definition) is 1. The minimum atomic E-state index is 0.0473. The summed E-state index contributed by atoms with van der Waals surface area (Å²) in [6, 6.07) is 0. The standard InChI is InChI=1S/C12H16O/c1-5-7-11(6-2)8-9-12(13)10(3)4/h5-10H,1-2H2,3-4H3/b9-8+,11-7+. The molecule has 0 rings (SSSR count). The summed E-state index contributed by atoms with van der Waals surface area (Å²) >= 11 is 0. The van der Waals surface area contributed by atoms with E-state index in [4.69, 9.17) is 0 Å². The van der Waals surface area contributed by atoms with Crippen LogP contribution in [0.2, 0.25) is 0 Å². The third kappa shape index (κ3) is 4.96. The van der Waals surface area contributed by atoms with E-state index < -0.39 is 0 Å². The van der Waals surface area contributed by atoms with Gasteiger partial charge in [-0.3, -0.25) is 4.79 Å². The fourth-order valence-corrected chi connectivity index (χ4v) is 0.699. The Bertz CT molecular complexity index is 254. The van der Waals surface area contributed by atoms with Crippen molar-refractivity contribution < 1.29 is 4.79 Å². The summed E-state index contributed by atoms with van der Waals surface area (Å²) in [7, 11) is 0. The van der Waals surface area contributed by atoms with Gasteiger partial charge in [0.2, 0.25) is 0 Å². The predicted molar refractivity (Wildman–Crippen MR) is 57.5 cm³/mol. The molecule has 0 aliphatic rings. The summed E-state index contributed by atoms with van der Waals surface area (Å²) in [5.41, 5.74) is 0.893. The van der Waals surface area contributed by atoms with E-state index in [0.29, 0.717) is 0 Å². The van der Waals surface area contributed by atoms with Gasteiger partial charge in [0.1, 0.15) is 0 Å². The lowest BCUT2D eigenvalue weighted by atomic mass is 10.1. The van der Waals surface area contributed by atoms with Gasteiger partial charge in [-0.05, 0) is 11.6 Å². The monoisotopic (exact) mass is 176 g/mol. The van der Waals surface area contributed by atoms with Gasteiger partial charge in [0.25, 0.3) is 0 Å². The maximum Gasteiger partial charge on any atom is 0.158 e. The maximum absolute atomic E-state index is 11.2. The van der Waals surface area contributed by atoms with Crippen molar-refractivity contribution in [3.8, 4) is 0 Å². The highest BCUT2D eigenvalue weighted by Gasteiger charge is 2.00. The van der Waals surface area contributed by atoms with Crippen molar-refractivity contribution in [3.05, 3.63) is 49.1 Å². The molecule has 0 amide bonds. The normalized spacial score (nSPS) is 12.1. The van der Waals surface area contributed by atoms with Gasteiger partial charge in [-0.1, -0.05) is 51.3 Å². The Morgan fingerprint density at radius 3 is 2.23 bits per heavy atom. The predicted octanol–water partition coefficient (Wildman–Crippen LogP) is 3.07. The van der Waals surface area contributed by atoms with Gasteiger partial charge in [0.15, 0.2) is 5.78 Å². The lowest BCUT2D eigenvalue weighted by Gasteiger charge is -1.96. The Hall–Kier alpha value is -1.37. The van der Waals surface area contributed by atoms with Crippen molar-refractivity contribution in [3.63, 3.8) is 0 Å². The van der Waals surface area contributed by atoms with Crippen LogP contribution >= 0.6 is 0 Å². The molecule has 0 aromatic heterocycles. The Morgan fingerprint density at radius 2 is 1.85 bits per heavy atom. The van der Waals surface area contributed by atoms with Crippen LogP contribution in [0, 0.1) is 5.92 Å². The SMILES string of the molecule is C=C/C=C(C=C)/C=C/C(=O)C(C)C. The number of hydrogen-bond donors (Lipinski definition) is 0. The third-order valence-electron chi connectivity index (χ3n) is 1.56. The molecule has 0 N–H and O–H groups in total. The van der Waals surface area contributed by atoms with Gasteiger partial charge in [0, 0.05) is 5.92 Å². The van der Waals surface area contributed by atoms with Gasteiger partial charge in [0.05, 0.1) is 0 Å². The number of ketones is 1. The number of rotatable bonds is 5. The zero-order chi connectivity index (χ0) is 10.3. The molecule has 1 heteroatoms. The molecule has 0 aromatic carbocycles. The van der Waals surface area contributed by atoms with Crippen LogP contribution in [0.25, 0.3) is 0 Å². The van der Waals surface area contributed by atoms with E-state index in [0.717, 1.165) is 5.57 Å². The summed E-state index contributed by atoms with van der Waals surface area (Å²) in [6.07, 6.45) is 8.47. The first-order valence-corrected chi connectivity index (χ1v) is 4.29. The summed E-state index contributed by atoms with van der Waals surface area (Å²) in [5, 5.41) is 0. The smallest absolute Gasteiger partial charge is 0.158 e. The highest BCUT2D eigenvalue weighted by atomic mass is 16.1. The number of carbonyl (C=O) groups excluding carboxylic acids is 1. The van der Waals surface area contributed by atoms with Crippen molar-refractivity contribution in [1.29, 1.82) is 0 Å². The minimum Gasteiger partial charge on any atom is -0.295 e. The van der Waals surface area contributed by atoms with E-state index in [-0.39, 0.29) is 11.7 Å². The average Bonchev–Trinajstić information content (AvgIpc) is 2.11. The van der Waals surface area contributed by atoms with Crippen molar-refractivity contribution in [2.45, 2.75) is 13.8 Å². The van der Waals surface area contributed by atoms with Gasteiger partial charge < -0.3 is 0 Å². The number of carbonyl (C=O) groups is 1. The van der Waals surface area contributed by atoms with Gasteiger partial charge >= 0.3 is 0 Å². The molecule has 13 heavy (non-hydrogen) atoms. The van der Waals surface area contributed by atoms with E-state index in [1.165, 1.54) is 0 Å². The lowest BCUT2D eigenvalue weighted by molar-refractivity contribution is -0.117. The number of allylic oxidation sites excluding steroid dienone is 6. The van der Waals surface area contributed by atoms with Crippen LogP contribution < -0.4 is 0 Å². The quantitative estimate of drug-likeness (QED) is 0.464. The topological polar surface area (TPSA) is 17.1 Å². The Morgan fingerprint density at radius 1 is 1.23 bits per heavy atom. The second kappa shape index (κ2) is 6.18. The fourth-order valence-electron chi connectivity index (χ4n) is 0.699. The van der Waals surface area contributed by atoms with Crippen molar-refractivity contribution >= 4 is 5.78 Å². The highest BCUT2D eigenvalue weighted by molar-refractivity contribution is 5.91. The lowest BCUT2D eigenvalue weighted by Crippen LogP contribution is -2.01. The molecule has 0 spiro atoms. The molecule has 0 bridgehead atoms. The van der Waals surface area contributed by atoms with E-state index in [1.54, 1.807) is 30.4 Å². The van der Waals surface area contributed by atoms with Crippen molar-refractivity contribution in [2.75, 3.05) is 0 Å². The average molecular weight is 176 g/mol. The summed E-state index contributed by atoms with van der Waals surface area (Å²) < 4.78 is 0. The molecular weight excluding hydrogens is 160 g/mol. The molecule has 0 aliphatic heterocycles. The first-order chi connectivity index (χ1) is 6.11. The van der Waals surface area contributed by atoms with Crippen LogP contribution in [0.4, 0.5) is 0 Å². The first-order valence-electron chi connectivity index (χ1n) is 4.29. The zero-order valence-corrected chi connectivity index (χ0v) is 8.29. The molecule has 0 aromatic rings. The first kappa shape index (κ1) is 11.6. The van der Waals surface area contributed by atoms with Crippen molar-refractivity contribution in [2.24, 2.45) is 5.92 Å². The highest BCUT2D eigenvalue weighted by Crippen LogP contribution is 2.01. The van der Waals surface area contributed by atoms with Crippen LogP contribution in [0.3, 0.4) is 0 Å². The molecule has 1 nitrogen and oxygen atoms in total. The summed E-state index contributed by atoms with van der Waals surface area (Å²) in [6.45, 7) is 10.9. The Kier molecular flexibility index (Phi) is 5.53. The molecule has 0 unspecified atom stereocenters. The maximum atomic E-state index is 11.2. The molecule has 0 heterocycles. The second-order valence-corrected chi connectivity index (χ2v) is 3.00. The summed E-state index contributed by atoms with van der Waals surface area (Å²) in [4.78, 5) is 11.2. The fraction of sp³-hybridized carbons (Fsp3) is 0.250. The van der Waals surface area contributed by atoms with Crippen LogP contribution in [-0.4, -0.2) is 5.78 Å². The van der Waals surface area contributed by atoms with Crippen LogP contribution in [0.5, 0.6) is 0 Å². The Labute approximate surface area is 80.2 Å². The molecule has 0 saturated carbocycles. The molecular formula is C12H16O. The van der Waals surface area contributed by atoms with Crippen LogP contribution in [0.1, 0.15) is 13.8 Å². The van der Waals surface area contributed by atoms with Gasteiger partial charge in [-0.2, -0.15) is 0 Å². The van der Waals surface area contributed by atoms with Gasteiger partial charge in [-0.25, -0.2) is 0 Å². The zero-order valence-electron chi connectivity index (χ0n) is 8.29. The van der Waals surface area contributed by atoms with Crippen LogP contribution in [-0.2, 0) is 4.79 Å². The van der Waals surface area contributed by atoms with E-state index in [1.807, 2.05) is 13.8 Å². The van der Waals surface area contributed by atoms with E-state index in [2.05, 4.69) is 13.2 Å². The minimum absolute atomic E-state index is 0.0473. The molecule has 0 fully saturated rings. The largest absolute Gasteiger partial charge is 0.295 e. The molecule has 0 atom stereocenters. The van der Waals surface area contributed by atoms with E-state index >= 15 is 0 Å². The molecule has 0 radical (unpaired) electrons. The molecule has 70 valence electrons. The second-order valence-electron chi connectivity index (χ2n) is 3.00.